The van der Waals surface area contributed by atoms with Gasteiger partial charge in [-0.15, -0.1) is 17.9 Å². The van der Waals surface area contributed by atoms with Crippen molar-refractivity contribution >= 4 is 34.1 Å². The summed E-state index contributed by atoms with van der Waals surface area (Å²) in [5, 5.41) is 14.3. The third kappa shape index (κ3) is 5.54. The fourth-order valence-electron chi connectivity index (χ4n) is 4.67. The fourth-order valence-corrected chi connectivity index (χ4v) is 5.90. The van der Waals surface area contributed by atoms with Crippen molar-refractivity contribution in [1.82, 2.24) is 0 Å². The SMILES string of the molecule is C=CCc1cc(C=Nc2sc3c(c2C(=O)Nc2cccc(C)c2C)CCCCCC3)cc(OC)c1O. The second kappa shape index (κ2) is 11.6. The van der Waals surface area contributed by atoms with Crippen molar-refractivity contribution in [2.45, 2.75) is 58.8 Å². The number of aliphatic imine (C=N–C) groups is 1. The van der Waals surface area contributed by atoms with Gasteiger partial charge in [0, 0.05) is 22.3 Å². The lowest BCUT2D eigenvalue weighted by Gasteiger charge is -2.13. The van der Waals surface area contributed by atoms with Gasteiger partial charge in [0.1, 0.15) is 5.00 Å². The molecule has 6 heteroatoms. The monoisotopic (exact) mass is 502 g/mol. The molecule has 0 saturated carbocycles. The van der Waals surface area contributed by atoms with Gasteiger partial charge in [-0.2, -0.15) is 0 Å². The van der Waals surface area contributed by atoms with Crippen LogP contribution in [0.5, 0.6) is 11.5 Å². The minimum absolute atomic E-state index is 0.107. The number of anilines is 1. The van der Waals surface area contributed by atoms with E-state index in [0.29, 0.717) is 17.7 Å². The molecule has 3 aromatic rings. The zero-order valence-electron chi connectivity index (χ0n) is 21.3. The van der Waals surface area contributed by atoms with E-state index in [-0.39, 0.29) is 11.7 Å². The number of nitrogens with one attached hydrogen (secondary N) is 1. The van der Waals surface area contributed by atoms with E-state index < -0.39 is 0 Å². The van der Waals surface area contributed by atoms with Crippen LogP contribution in [-0.4, -0.2) is 24.3 Å². The predicted octanol–water partition coefficient (Wildman–Crippen LogP) is 7.47. The number of amides is 1. The highest BCUT2D eigenvalue weighted by molar-refractivity contribution is 7.16. The highest BCUT2D eigenvalue weighted by Gasteiger charge is 2.24. The van der Waals surface area contributed by atoms with Crippen molar-refractivity contribution < 1.29 is 14.6 Å². The third-order valence-corrected chi connectivity index (χ3v) is 8.02. The maximum atomic E-state index is 13.7. The summed E-state index contributed by atoms with van der Waals surface area (Å²) in [5.41, 5.74) is 6.39. The van der Waals surface area contributed by atoms with Crippen LogP contribution < -0.4 is 10.1 Å². The summed E-state index contributed by atoms with van der Waals surface area (Å²) in [5.74, 6) is 0.397. The van der Waals surface area contributed by atoms with Gasteiger partial charge in [0.05, 0.1) is 12.7 Å². The van der Waals surface area contributed by atoms with Gasteiger partial charge >= 0.3 is 0 Å². The van der Waals surface area contributed by atoms with Gasteiger partial charge in [-0.25, -0.2) is 4.99 Å². The van der Waals surface area contributed by atoms with Crippen LogP contribution in [0.25, 0.3) is 0 Å². The summed E-state index contributed by atoms with van der Waals surface area (Å²) in [7, 11) is 1.53. The molecule has 188 valence electrons. The van der Waals surface area contributed by atoms with Crippen LogP contribution in [0.4, 0.5) is 10.7 Å². The van der Waals surface area contributed by atoms with E-state index in [1.165, 1.54) is 24.8 Å². The Hall–Kier alpha value is -3.38. The summed E-state index contributed by atoms with van der Waals surface area (Å²) in [6, 6.07) is 9.60. The molecule has 1 aromatic heterocycles. The number of aryl methyl sites for hydroxylation is 2. The van der Waals surface area contributed by atoms with Crippen LogP contribution in [0.2, 0.25) is 0 Å². The standard InChI is InChI=1S/C30H34N2O3S/c1-5-11-22-16-21(17-25(35-4)28(22)33)18-31-30-27(23-13-8-6-7-9-15-26(23)36-30)29(34)32-24-14-10-12-19(2)20(24)3/h5,10,12,14,16-18,33H,1,6-9,11,13,15H2,2-4H3,(H,32,34). The van der Waals surface area contributed by atoms with E-state index in [4.69, 9.17) is 9.73 Å². The van der Waals surface area contributed by atoms with Crippen LogP contribution in [0.1, 0.15) is 68.7 Å². The summed E-state index contributed by atoms with van der Waals surface area (Å²) in [6.45, 7) is 7.85. The maximum absolute atomic E-state index is 13.7. The van der Waals surface area contributed by atoms with E-state index in [2.05, 4.69) is 11.9 Å². The molecule has 2 N–H and O–H groups in total. The Morgan fingerprint density at radius 1 is 1.19 bits per heavy atom. The lowest BCUT2D eigenvalue weighted by Crippen LogP contribution is -2.15. The number of nitrogens with zero attached hydrogens (tertiary/aromatic N) is 1. The molecule has 0 fully saturated rings. The minimum Gasteiger partial charge on any atom is -0.504 e. The Labute approximate surface area is 217 Å². The number of phenols is 1. The van der Waals surface area contributed by atoms with E-state index >= 15 is 0 Å². The Balaban J connectivity index is 1.75. The van der Waals surface area contributed by atoms with Crippen molar-refractivity contribution in [1.29, 1.82) is 0 Å². The molecule has 5 nitrogen and oxygen atoms in total. The molecule has 1 aliphatic carbocycles. The van der Waals surface area contributed by atoms with Gasteiger partial charge in [-0.05, 0) is 86.4 Å². The van der Waals surface area contributed by atoms with Crippen LogP contribution in [0, 0.1) is 13.8 Å². The van der Waals surface area contributed by atoms with Gasteiger partial charge in [-0.3, -0.25) is 4.79 Å². The molecule has 1 aliphatic rings. The number of carbonyl (C=O) groups is 1. The zero-order valence-corrected chi connectivity index (χ0v) is 22.1. The molecule has 4 rings (SSSR count). The van der Waals surface area contributed by atoms with Crippen molar-refractivity contribution in [2.75, 3.05) is 12.4 Å². The van der Waals surface area contributed by atoms with Crippen molar-refractivity contribution in [3.63, 3.8) is 0 Å². The lowest BCUT2D eigenvalue weighted by atomic mass is 9.96. The van der Waals surface area contributed by atoms with E-state index in [1.807, 2.05) is 38.1 Å². The summed E-state index contributed by atoms with van der Waals surface area (Å²) >= 11 is 1.62. The van der Waals surface area contributed by atoms with Gasteiger partial charge in [-0.1, -0.05) is 31.1 Å². The molecule has 0 saturated heterocycles. The summed E-state index contributed by atoms with van der Waals surface area (Å²) in [4.78, 5) is 19.8. The lowest BCUT2D eigenvalue weighted by molar-refractivity contribution is 0.102. The summed E-state index contributed by atoms with van der Waals surface area (Å²) < 4.78 is 5.36. The van der Waals surface area contributed by atoms with Crippen molar-refractivity contribution in [3.8, 4) is 11.5 Å². The smallest absolute Gasteiger partial charge is 0.259 e. The molecular formula is C30H34N2O3S. The number of rotatable bonds is 7. The van der Waals surface area contributed by atoms with Crippen LogP contribution in [0.15, 0.2) is 48.0 Å². The first-order valence-electron chi connectivity index (χ1n) is 12.5. The van der Waals surface area contributed by atoms with E-state index in [0.717, 1.165) is 64.2 Å². The normalized spacial score (nSPS) is 13.6. The summed E-state index contributed by atoms with van der Waals surface area (Å²) in [6.07, 6.45) is 10.5. The van der Waals surface area contributed by atoms with Gasteiger partial charge < -0.3 is 15.2 Å². The van der Waals surface area contributed by atoms with Gasteiger partial charge in [0.2, 0.25) is 0 Å². The van der Waals surface area contributed by atoms with Crippen LogP contribution >= 0.6 is 11.3 Å². The number of thiophene rings is 1. The topological polar surface area (TPSA) is 70.9 Å². The molecule has 0 bridgehead atoms. The van der Waals surface area contributed by atoms with Crippen molar-refractivity contribution in [2.24, 2.45) is 4.99 Å². The number of allylic oxidation sites excluding steroid dienone is 1. The molecule has 1 heterocycles. The molecule has 0 aliphatic heterocycles. The number of hydrogen-bond donors (Lipinski definition) is 2. The first-order valence-corrected chi connectivity index (χ1v) is 13.3. The first kappa shape index (κ1) is 25.7. The Bertz CT molecular complexity index is 1310. The third-order valence-electron chi connectivity index (χ3n) is 6.82. The van der Waals surface area contributed by atoms with Crippen molar-refractivity contribution in [3.05, 3.63) is 81.2 Å². The Morgan fingerprint density at radius 3 is 2.72 bits per heavy atom. The van der Waals surface area contributed by atoms with Gasteiger partial charge in [0.15, 0.2) is 11.5 Å². The van der Waals surface area contributed by atoms with Crippen LogP contribution in [0.3, 0.4) is 0 Å². The van der Waals surface area contributed by atoms with E-state index in [1.54, 1.807) is 29.7 Å². The molecule has 36 heavy (non-hydrogen) atoms. The molecule has 2 aromatic carbocycles. The molecule has 0 unspecified atom stereocenters. The predicted molar refractivity (Wildman–Crippen MR) is 150 cm³/mol. The number of phenolic OH excluding ortho intramolecular Hbond substituents is 1. The van der Waals surface area contributed by atoms with Crippen LogP contribution in [-0.2, 0) is 19.3 Å². The molecule has 0 atom stereocenters. The molecule has 0 radical (unpaired) electrons. The number of ether oxygens (including phenoxy) is 1. The second-order valence-electron chi connectivity index (χ2n) is 9.28. The average Bonchev–Trinajstić information content (AvgIpc) is 3.18. The number of methoxy groups -OCH3 is 1. The average molecular weight is 503 g/mol. The number of aromatic hydroxyl groups is 1. The Kier molecular flexibility index (Phi) is 8.26. The zero-order chi connectivity index (χ0) is 25.7. The quantitative estimate of drug-likeness (QED) is 0.260. The highest BCUT2D eigenvalue weighted by Crippen LogP contribution is 2.40. The van der Waals surface area contributed by atoms with Gasteiger partial charge in [0.25, 0.3) is 5.91 Å². The second-order valence-corrected chi connectivity index (χ2v) is 10.4. The molecule has 0 spiro atoms. The number of fused-ring (bicyclic) bond motifs is 1. The number of carbonyl (C=O) groups excluding carboxylic acids is 1. The maximum Gasteiger partial charge on any atom is 0.259 e. The molecular weight excluding hydrogens is 468 g/mol. The highest BCUT2D eigenvalue weighted by atomic mass is 32.1. The number of benzene rings is 2. The fraction of sp³-hybridized carbons (Fsp3) is 0.333. The van der Waals surface area contributed by atoms with E-state index in [9.17, 15) is 9.90 Å². The minimum atomic E-state index is -0.107. The first-order chi connectivity index (χ1) is 17.4. The Morgan fingerprint density at radius 2 is 1.97 bits per heavy atom. The largest absolute Gasteiger partial charge is 0.504 e. The number of hydrogen-bond acceptors (Lipinski definition) is 5. The molecule has 1 amide bonds.